The van der Waals surface area contributed by atoms with Gasteiger partial charge < -0.3 is 73.5 Å². The summed E-state index contributed by atoms with van der Waals surface area (Å²) in [4.78, 5) is 37.1. The van der Waals surface area contributed by atoms with Crippen molar-refractivity contribution in [1.29, 1.82) is 0 Å². The zero-order valence-corrected chi connectivity index (χ0v) is 79.6. The second kappa shape index (κ2) is 37.0. The molecule has 3 saturated carbocycles. The minimum atomic E-state index is 0.281. The molecule has 0 aromatic heterocycles. The van der Waals surface area contributed by atoms with Gasteiger partial charge in [0.05, 0.1) is 5.69 Å². The average molecular weight is 1630 g/mol. The summed E-state index contributed by atoms with van der Waals surface area (Å²) in [6.45, 7) is 66.1. The fourth-order valence-corrected chi connectivity index (χ4v) is 22.4. The Morgan fingerprint density at radius 2 is 0.600 bits per heavy atom. The average Bonchev–Trinajstić information content (AvgIpc) is 1.42. The number of hydrogen-bond donors (Lipinski definition) is 0. The van der Waals surface area contributed by atoms with Crippen molar-refractivity contribution in [3.05, 3.63) is 215 Å². The molecule has 5 aromatic rings. The van der Waals surface area contributed by atoms with Gasteiger partial charge in [0.2, 0.25) is 0 Å². The number of rotatable bonds is 18. The molecule has 0 saturated heterocycles. The lowest BCUT2D eigenvalue weighted by Crippen LogP contribution is -2.42. The van der Waals surface area contributed by atoms with Gasteiger partial charge in [0, 0.05) is 187 Å². The van der Waals surface area contributed by atoms with Gasteiger partial charge in [-0.15, -0.1) is 0 Å². The number of benzene rings is 5. The third kappa shape index (κ3) is 17.4. The van der Waals surface area contributed by atoms with Gasteiger partial charge in [-0.1, -0.05) is 82.7 Å². The Morgan fingerprint density at radius 1 is 0.292 bits per heavy atom. The van der Waals surface area contributed by atoms with Gasteiger partial charge in [-0.3, -0.25) is 0 Å². The highest BCUT2D eigenvalue weighted by atomic mass is 15.4. The molecule has 5 aromatic carbocycles. The molecule has 8 aliphatic heterocycles. The van der Waals surface area contributed by atoms with Crippen LogP contribution in [0.3, 0.4) is 0 Å². The standard InChI is InChI=1S/C30H44N4.C29H40N4.C24H37N3.C22H34N4/c1-22-29(33-18-16-31(23(33)2)27-12-6-7-13-27)20-26(25-10-4-5-11-25)21-30(22)34-19-17-32(24(34)3)28-14-8-9-15-28;1-19(2)30-13-15-32(24(30)8)27-17-26(29-21(5)11-10-12-22(29)6)18-28(23(27)7)33-16-14-31(20(3)4)25(33)9;1-15(2)22-10-11-26(20(22)8)23-17(5)14-18(6)24(19(23)7)27-13-12-25(16(3)4)21(27)9;1-15(2)23-9-11-25(19(23)7)21-13-17(5)14-22(18(21)6)26-12-10-24(16(3)4)20(26)8/h16-21,23-25,27-28H,4-15H2,1-3H3;10-20,24-25H,1-9H3;10-16,20-22H,1-9H3;9-16,19-20H,1-8H3/t23-,24+;24-,25+;20-,21+,22?;19-,20+/m..0./s1. The summed E-state index contributed by atoms with van der Waals surface area (Å²) in [5.41, 5.74) is 27.0. The van der Waals surface area contributed by atoms with Crippen LogP contribution < -0.4 is 39.2 Å². The molecule has 1 unspecified atom stereocenters. The molecule has 0 radical (unpaired) electrons. The molecule has 120 heavy (non-hydrogen) atoms. The van der Waals surface area contributed by atoms with Crippen molar-refractivity contribution in [3.63, 3.8) is 0 Å². The number of aryl methyl sites for hydroxylation is 5. The molecule has 0 spiro atoms. The lowest BCUT2D eigenvalue weighted by atomic mass is 9.90. The fourth-order valence-electron chi connectivity index (χ4n) is 22.4. The topological polar surface area (TPSA) is 48.6 Å². The Balaban J connectivity index is 0.000000139. The number of nitrogens with zero attached hydrogens (tertiary/aromatic N) is 15. The number of anilines is 8. The molecule has 8 heterocycles. The van der Waals surface area contributed by atoms with E-state index in [0.717, 1.165) is 18.0 Å². The lowest BCUT2D eigenvalue weighted by Gasteiger charge is -2.37. The Labute approximate surface area is 728 Å². The summed E-state index contributed by atoms with van der Waals surface area (Å²) in [5, 5.41) is 0. The Hall–Kier alpha value is -8.98. The Bertz CT molecular complexity index is 4380. The van der Waals surface area contributed by atoms with E-state index in [4.69, 9.17) is 0 Å². The molecular weight excluding hydrogens is 1470 g/mol. The van der Waals surface area contributed by atoms with Crippen LogP contribution in [0.4, 0.5) is 45.5 Å². The summed E-state index contributed by atoms with van der Waals surface area (Å²) in [6, 6.07) is 27.8. The van der Waals surface area contributed by atoms with E-state index < -0.39 is 0 Å². The van der Waals surface area contributed by atoms with Crippen molar-refractivity contribution in [2.75, 3.05) is 39.2 Å². The van der Waals surface area contributed by atoms with Gasteiger partial charge >= 0.3 is 0 Å². The van der Waals surface area contributed by atoms with E-state index in [-0.39, 0.29) is 12.3 Å². The smallest absolute Gasteiger partial charge is 0.103 e. The summed E-state index contributed by atoms with van der Waals surface area (Å²) >= 11 is 0. The Kier molecular flexibility index (Phi) is 27.4. The number of hydrogen-bond acceptors (Lipinski definition) is 15. The molecule has 0 amide bonds. The molecule has 9 atom stereocenters. The van der Waals surface area contributed by atoms with E-state index in [1.165, 1.54) is 184 Å². The summed E-state index contributed by atoms with van der Waals surface area (Å²) in [5.74, 6) is 1.99. The van der Waals surface area contributed by atoms with Gasteiger partial charge in [-0.2, -0.15) is 0 Å². The molecular formula is C105H155N15. The normalized spacial score (nSPS) is 24.2. The first kappa shape index (κ1) is 88.8. The predicted molar refractivity (Wildman–Crippen MR) is 515 cm³/mol. The fraction of sp³-hybridized carbons (Fsp3) is 0.562. The maximum Gasteiger partial charge on any atom is 0.103 e. The highest BCUT2D eigenvalue weighted by molar-refractivity contribution is 5.84. The van der Waals surface area contributed by atoms with Crippen molar-refractivity contribution in [2.45, 2.75) is 375 Å². The lowest BCUT2D eigenvalue weighted by molar-refractivity contribution is 0.236. The van der Waals surface area contributed by atoms with Crippen LogP contribution in [0, 0.1) is 74.1 Å². The summed E-state index contributed by atoms with van der Waals surface area (Å²) in [7, 11) is 0. The van der Waals surface area contributed by atoms with Crippen molar-refractivity contribution in [1.82, 2.24) is 34.3 Å². The zero-order valence-electron chi connectivity index (χ0n) is 79.6. The van der Waals surface area contributed by atoms with Crippen molar-refractivity contribution < 1.29 is 0 Å². The SMILES string of the molecule is Cc1c(N2C=CN(C3CCCC3)[C@@H]2C)cc(C2CCCC2)cc1N1C=CN(C2CCCC2)[C@H]1C.Cc1cc(C)c(N2C=CN(C(C)C)[C@H]2C)c(C)c1N1C=CC(C(C)C)[C@@H]1C.Cc1cc(N2C=CN(C(C)C)[C@@H]2C)c(C)c(N2C=CN(C(C)C)[C@H]2C)c1.Cc1cccc(C)c1-c1cc(N2C=CN(C(C)C)[C@@H]2C)c(C)c(N2C=CN(C(C)C)[C@H]2C)c1. The van der Waals surface area contributed by atoms with Crippen LogP contribution in [-0.4, -0.2) is 126 Å². The molecule has 11 aliphatic rings. The molecule has 3 fully saturated rings. The quantitative estimate of drug-likeness (QED) is 0.0836. The minimum absolute atomic E-state index is 0.281. The van der Waals surface area contributed by atoms with E-state index in [2.05, 4.69) is 434 Å². The molecule has 0 bridgehead atoms. The van der Waals surface area contributed by atoms with E-state index in [0.29, 0.717) is 78.9 Å². The van der Waals surface area contributed by atoms with Gasteiger partial charge in [0.1, 0.15) is 43.2 Å². The molecule has 16 rings (SSSR count). The van der Waals surface area contributed by atoms with Crippen LogP contribution >= 0.6 is 0 Å². The maximum absolute atomic E-state index is 2.63. The highest BCUT2D eigenvalue weighted by Crippen LogP contribution is 2.49. The van der Waals surface area contributed by atoms with Crippen LogP contribution in [0.5, 0.6) is 0 Å². The first-order valence-electron chi connectivity index (χ1n) is 46.8. The largest absolute Gasteiger partial charge is 0.353 e. The monoisotopic (exact) mass is 1630 g/mol. The molecule has 0 N–H and O–H groups in total. The van der Waals surface area contributed by atoms with Crippen LogP contribution in [-0.2, 0) is 0 Å². The molecule has 15 heteroatoms. The first-order valence-corrected chi connectivity index (χ1v) is 46.8. The van der Waals surface area contributed by atoms with Crippen LogP contribution in [0.2, 0.25) is 0 Å². The van der Waals surface area contributed by atoms with Crippen LogP contribution in [0.15, 0.2) is 160 Å². The van der Waals surface area contributed by atoms with E-state index in [1.54, 1.807) is 5.56 Å². The summed E-state index contributed by atoms with van der Waals surface area (Å²) < 4.78 is 0. The van der Waals surface area contributed by atoms with Crippen molar-refractivity contribution >= 4 is 45.5 Å². The second-order valence-corrected chi connectivity index (χ2v) is 39.0. The van der Waals surface area contributed by atoms with Gasteiger partial charge in [-0.25, -0.2) is 0 Å². The van der Waals surface area contributed by atoms with Crippen LogP contribution in [0.1, 0.15) is 277 Å². The predicted octanol–water partition coefficient (Wildman–Crippen LogP) is 25.3. The third-order valence-electron chi connectivity index (χ3n) is 29.2. The van der Waals surface area contributed by atoms with Crippen LogP contribution in [0.25, 0.3) is 11.1 Å². The van der Waals surface area contributed by atoms with Gasteiger partial charge in [0.15, 0.2) is 0 Å². The Morgan fingerprint density at radius 3 is 0.942 bits per heavy atom. The van der Waals surface area contributed by atoms with Crippen molar-refractivity contribution in [3.8, 4) is 11.1 Å². The van der Waals surface area contributed by atoms with Crippen molar-refractivity contribution in [2.24, 2.45) is 11.8 Å². The highest BCUT2D eigenvalue weighted by Gasteiger charge is 2.40. The minimum Gasteiger partial charge on any atom is -0.353 e. The van der Waals surface area contributed by atoms with Gasteiger partial charge in [-0.05, 0) is 340 Å². The summed E-state index contributed by atoms with van der Waals surface area (Å²) in [6.07, 6.45) is 55.3. The first-order chi connectivity index (χ1) is 57.1. The zero-order chi connectivity index (χ0) is 86.5. The van der Waals surface area contributed by atoms with E-state index in [1.807, 2.05) is 0 Å². The van der Waals surface area contributed by atoms with E-state index >= 15 is 0 Å². The van der Waals surface area contributed by atoms with Gasteiger partial charge in [0.25, 0.3) is 0 Å². The molecule has 3 aliphatic carbocycles. The second-order valence-electron chi connectivity index (χ2n) is 39.0. The molecule has 650 valence electrons. The molecule has 15 nitrogen and oxygen atoms in total. The van der Waals surface area contributed by atoms with E-state index in [9.17, 15) is 0 Å². The maximum atomic E-state index is 2.63. The third-order valence-corrected chi connectivity index (χ3v) is 29.2.